The zero-order valence-corrected chi connectivity index (χ0v) is 15.7. The Morgan fingerprint density at radius 3 is 2.43 bits per heavy atom. The summed E-state index contributed by atoms with van der Waals surface area (Å²) >= 11 is 0. The number of benzene rings is 2. The third kappa shape index (κ3) is 3.76. The Hall–Kier alpha value is -3.53. The minimum atomic E-state index is -0.107. The van der Waals surface area contributed by atoms with Gasteiger partial charge in [-0.05, 0) is 36.8 Å². The number of nitrogens with zero attached hydrogens (tertiary/aromatic N) is 3. The normalized spacial score (nSPS) is 11.9. The van der Waals surface area contributed by atoms with E-state index in [9.17, 15) is 4.79 Å². The van der Waals surface area contributed by atoms with Gasteiger partial charge in [0.1, 0.15) is 5.69 Å². The third-order valence-corrected chi connectivity index (χ3v) is 4.89. The van der Waals surface area contributed by atoms with Gasteiger partial charge in [0.15, 0.2) is 0 Å². The standard InChI is InChI=1S/C24H21N3O/c1-18(19-9-3-2-4-10-19)27(17-21-12-7-8-16-25-21)24(28)23-15-14-20-11-5-6-13-22(20)26-23/h2-16,18H,17H2,1H3. The Labute approximate surface area is 164 Å². The van der Waals surface area contributed by atoms with Gasteiger partial charge in [0.05, 0.1) is 23.8 Å². The molecule has 4 heteroatoms. The van der Waals surface area contributed by atoms with Crippen LogP contribution in [0.3, 0.4) is 0 Å². The summed E-state index contributed by atoms with van der Waals surface area (Å²) < 4.78 is 0. The average Bonchev–Trinajstić information content (AvgIpc) is 2.77. The molecule has 2 aromatic heterocycles. The number of pyridine rings is 2. The van der Waals surface area contributed by atoms with Gasteiger partial charge in [-0.15, -0.1) is 0 Å². The van der Waals surface area contributed by atoms with E-state index in [4.69, 9.17) is 0 Å². The predicted molar refractivity (Wildman–Crippen MR) is 111 cm³/mol. The van der Waals surface area contributed by atoms with Crippen molar-refractivity contribution in [3.63, 3.8) is 0 Å². The molecule has 1 atom stereocenters. The number of carbonyl (C=O) groups excluding carboxylic acids is 1. The van der Waals surface area contributed by atoms with Gasteiger partial charge in [0.2, 0.25) is 0 Å². The third-order valence-electron chi connectivity index (χ3n) is 4.89. The molecule has 0 radical (unpaired) electrons. The van der Waals surface area contributed by atoms with Gasteiger partial charge in [-0.25, -0.2) is 4.98 Å². The topological polar surface area (TPSA) is 46.1 Å². The van der Waals surface area contributed by atoms with E-state index in [1.165, 1.54) is 0 Å². The average molecular weight is 367 g/mol. The zero-order chi connectivity index (χ0) is 19.3. The maximum Gasteiger partial charge on any atom is 0.273 e. The molecule has 0 spiro atoms. The van der Waals surface area contributed by atoms with Crippen molar-refractivity contribution in [2.75, 3.05) is 0 Å². The highest BCUT2D eigenvalue weighted by molar-refractivity contribution is 5.95. The lowest BCUT2D eigenvalue weighted by Gasteiger charge is -2.29. The van der Waals surface area contributed by atoms with Crippen LogP contribution in [0.25, 0.3) is 10.9 Å². The van der Waals surface area contributed by atoms with Crippen LogP contribution < -0.4 is 0 Å². The molecule has 0 aliphatic rings. The van der Waals surface area contributed by atoms with Crippen LogP contribution in [0, 0.1) is 0 Å². The lowest BCUT2D eigenvalue weighted by molar-refractivity contribution is 0.0665. The van der Waals surface area contributed by atoms with Crippen LogP contribution >= 0.6 is 0 Å². The van der Waals surface area contributed by atoms with Crippen LogP contribution in [-0.2, 0) is 6.54 Å². The highest BCUT2D eigenvalue weighted by Crippen LogP contribution is 2.24. The first-order valence-corrected chi connectivity index (χ1v) is 9.34. The van der Waals surface area contributed by atoms with Gasteiger partial charge in [-0.2, -0.15) is 0 Å². The van der Waals surface area contributed by atoms with Crippen LogP contribution in [0.4, 0.5) is 0 Å². The van der Waals surface area contributed by atoms with Crippen molar-refractivity contribution in [3.05, 3.63) is 108 Å². The van der Waals surface area contributed by atoms with E-state index in [-0.39, 0.29) is 11.9 Å². The lowest BCUT2D eigenvalue weighted by atomic mass is 10.1. The van der Waals surface area contributed by atoms with E-state index < -0.39 is 0 Å². The molecular formula is C24H21N3O. The minimum Gasteiger partial charge on any atom is -0.325 e. The van der Waals surface area contributed by atoms with Crippen molar-refractivity contribution in [3.8, 4) is 0 Å². The molecular weight excluding hydrogens is 346 g/mol. The molecule has 0 fully saturated rings. The smallest absolute Gasteiger partial charge is 0.273 e. The number of hydrogen-bond donors (Lipinski definition) is 0. The predicted octanol–water partition coefficient (Wildman–Crippen LogP) is 5.03. The van der Waals surface area contributed by atoms with E-state index in [2.05, 4.69) is 9.97 Å². The van der Waals surface area contributed by atoms with Crippen LogP contribution in [0.1, 0.15) is 34.7 Å². The van der Waals surface area contributed by atoms with Gasteiger partial charge >= 0.3 is 0 Å². The highest BCUT2D eigenvalue weighted by atomic mass is 16.2. The number of fused-ring (bicyclic) bond motifs is 1. The highest BCUT2D eigenvalue weighted by Gasteiger charge is 2.24. The summed E-state index contributed by atoms with van der Waals surface area (Å²) in [6, 6.07) is 27.2. The molecule has 4 rings (SSSR count). The van der Waals surface area contributed by atoms with Gasteiger partial charge in [0.25, 0.3) is 5.91 Å². The number of para-hydroxylation sites is 1. The molecule has 0 aliphatic carbocycles. The quantitative estimate of drug-likeness (QED) is 0.497. The summed E-state index contributed by atoms with van der Waals surface area (Å²) in [4.78, 5) is 24.3. The molecule has 1 amide bonds. The molecule has 28 heavy (non-hydrogen) atoms. The number of rotatable bonds is 5. The Balaban J connectivity index is 1.71. The molecule has 0 bridgehead atoms. The number of aromatic nitrogens is 2. The Morgan fingerprint density at radius 2 is 1.64 bits per heavy atom. The van der Waals surface area contributed by atoms with Crippen molar-refractivity contribution >= 4 is 16.8 Å². The van der Waals surface area contributed by atoms with Gasteiger partial charge in [-0.3, -0.25) is 9.78 Å². The Kier molecular flexibility index (Phi) is 5.11. The summed E-state index contributed by atoms with van der Waals surface area (Å²) in [5.74, 6) is -0.104. The van der Waals surface area contributed by atoms with Crippen LogP contribution in [-0.4, -0.2) is 20.8 Å². The fourth-order valence-electron chi connectivity index (χ4n) is 3.29. The molecule has 2 aromatic carbocycles. The van der Waals surface area contributed by atoms with Crippen LogP contribution in [0.15, 0.2) is 91.1 Å². The minimum absolute atomic E-state index is 0.104. The van der Waals surface area contributed by atoms with Crippen molar-refractivity contribution in [2.24, 2.45) is 0 Å². The summed E-state index contributed by atoms with van der Waals surface area (Å²) in [5.41, 5.74) is 3.18. The van der Waals surface area contributed by atoms with E-state index in [1.807, 2.05) is 90.7 Å². The van der Waals surface area contributed by atoms with E-state index >= 15 is 0 Å². The number of hydrogen-bond acceptors (Lipinski definition) is 3. The van der Waals surface area contributed by atoms with Crippen molar-refractivity contribution in [2.45, 2.75) is 19.5 Å². The maximum atomic E-state index is 13.4. The van der Waals surface area contributed by atoms with E-state index in [1.54, 1.807) is 12.3 Å². The summed E-state index contributed by atoms with van der Waals surface area (Å²) in [6.45, 7) is 2.46. The molecule has 4 nitrogen and oxygen atoms in total. The SMILES string of the molecule is CC(c1ccccc1)N(Cc1ccccn1)C(=O)c1ccc2ccccc2n1. The second kappa shape index (κ2) is 8.01. The summed E-state index contributed by atoms with van der Waals surface area (Å²) in [5, 5.41) is 1.02. The lowest BCUT2D eigenvalue weighted by Crippen LogP contribution is -2.34. The zero-order valence-electron chi connectivity index (χ0n) is 15.7. The van der Waals surface area contributed by atoms with E-state index in [0.717, 1.165) is 22.2 Å². The number of amides is 1. The fourth-order valence-corrected chi connectivity index (χ4v) is 3.29. The van der Waals surface area contributed by atoms with Crippen molar-refractivity contribution in [1.82, 2.24) is 14.9 Å². The van der Waals surface area contributed by atoms with E-state index in [0.29, 0.717) is 12.2 Å². The summed E-state index contributed by atoms with van der Waals surface area (Å²) in [7, 11) is 0. The van der Waals surface area contributed by atoms with Crippen LogP contribution in [0.2, 0.25) is 0 Å². The Bertz CT molecular complexity index is 1080. The second-order valence-electron chi connectivity index (χ2n) is 6.73. The first-order valence-electron chi connectivity index (χ1n) is 9.34. The molecule has 0 saturated carbocycles. The van der Waals surface area contributed by atoms with Gasteiger partial charge in [-0.1, -0.05) is 60.7 Å². The molecule has 4 aromatic rings. The van der Waals surface area contributed by atoms with Gasteiger partial charge < -0.3 is 4.90 Å². The molecule has 0 N–H and O–H groups in total. The fraction of sp³-hybridized carbons (Fsp3) is 0.125. The van der Waals surface area contributed by atoms with Gasteiger partial charge in [0, 0.05) is 11.6 Å². The molecule has 0 aliphatic heterocycles. The Morgan fingerprint density at radius 1 is 0.893 bits per heavy atom. The first-order chi connectivity index (χ1) is 13.7. The second-order valence-corrected chi connectivity index (χ2v) is 6.73. The van der Waals surface area contributed by atoms with Crippen molar-refractivity contribution in [1.29, 1.82) is 0 Å². The maximum absolute atomic E-state index is 13.4. The number of carbonyl (C=O) groups is 1. The monoisotopic (exact) mass is 367 g/mol. The molecule has 1 unspecified atom stereocenters. The summed E-state index contributed by atoms with van der Waals surface area (Å²) in [6.07, 6.45) is 1.75. The molecule has 2 heterocycles. The van der Waals surface area contributed by atoms with Crippen LogP contribution in [0.5, 0.6) is 0 Å². The van der Waals surface area contributed by atoms with Crippen molar-refractivity contribution < 1.29 is 4.79 Å². The molecule has 138 valence electrons. The first kappa shape index (κ1) is 17.9. The largest absolute Gasteiger partial charge is 0.325 e. The molecule has 0 saturated heterocycles.